The van der Waals surface area contributed by atoms with Crippen LogP contribution in [0.25, 0.3) is 11.4 Å². The number of anilines is 1. The van der Waals surface area contributed by atoms with Gasteiger partial charge in [0.25, 0.3) is 0 Å². The van der Waals surface area contributed by atoms with Crippen molar-refractivity contribution in [2.75, 3.05) is 11.1 Å². The molecular formula is C25H32N4OS. The fourth-order valence-electron chi connectivity index (χ4n) is 3.27. The van der Waals surface area contributed by atoms with E-state index in [2.05, 4.69) is 86.5 Å². The van der Waals surface area contributed by atoms with E-state index in [1.54, 1.807) is 0 Å². The smallest absolute Gasteiger partial charge is 0.234 e. The van der Waals surface area contributed by atoms with E-state index < -0.39 is 0 Å². The second-order valence-electron chi connectivity index (χ2n) is 8.96. The van der Waals surface area contributed by atoms with E-state index in [9.17, 15) is 4.79 Å². The normalized spacial score (nSPS) is 12.6. The van der Waals surface area contributed by atoms with Gasteiger partial charge >= 0.3 is 0 Å². The lowest BCUT2D eigenvalue weighted by molar-refractivity contribution is -0.113. The highest BCUT2D eigenvalue weighted by Gasteiger charge is 2.16. The Morgan fingerprint density at radius 2 is 1.71 bits per heavy atom. The summed E-state index contributed by atoms with van der Waals surface area (Å²) < 4.78 is 1.94. The Morgan fingerprint density at radius 1 is 1.06 bits per heavy atom. The molecule has 1 heterocycles. The maximum Gasteiger partial charge on any atom is 0.234 e. The maximum atomic E-state index is 12.4. The number of thioether (sulfide) groups is 1. The lowest BCUT2D eigenvalue weighted by Gasteiger charge is -2.19. The summed E-state index contributed by atoms with van der Waals surface area (Å²) in [4.78, 5) is 12.4. The molecule has 0 radical (unpaired) electrons. The monoisotopic (exact) mass is 436 g/mol. The van der Waals surface area contributed by atoms with Crippen molar-refractivity contribution in [1.82, 2.24) is 14.8 Å². The van der Waals surface area contributed by atoms with Gasteiger partial charge in [-0.3, -0.25) is 4.79 Å². The third kappa shape index (κ3) is 5.76. The van der Waals surface area contributed by atoms with Crippen LogP contribution in [0.4, 0.5) is 5.69 Å². The van der Waals surface area contributed by atoms with Crippen LogP contribution in [0, 0.1) is 0 Å². The Labute approximate surface area is 189 Å². The summed E-state index contributed by atoms with van der Waals surface area (Å²) in [7, 11) is 1.93. The highest BCUT2D eigenvalue weighted by Crippen LogP contribution is 2.27. The zero-order valence-corrected chi connectivity index (χ0v) is 20.1. The van der Waals surface area contributed by atoms with Crippen LogP contribution in [0.1, 0.15) is 58.1 Å². The van der Waals surface area contributed by atoms with Crippen LogP contribution >= 0.6 is 11.8 Å². The largest absolute Gasteiger partial charge is 0.325 e. The van der Waals surface area contributed by atoms with Crippen molar-refractivity contribution in [2.24, 2.45) is 7.05 Å². The number of aromatic nitrogens is 3. The number of benzene rings is 2. The maximum absolute atomic E-state index is 12.4. The van der Waals surface area contributed by atoms with E-state index in [-0.39, 0.29) is 17.1 Å². The SMILES string of the molecule is CC[C@@H](C)c1ccc(NC(=O)CSc2nnc(-c3ccc(C(C)(C)C)cc3)n2C)cc1. The van der Waals surface area contributed by atoms with Gasteiger partial charge in [0.2, 0.25) is 5.91 Å². The number of carbonyl (C=O) groups excluding carboxylic acids is 1. The van der Waals surface area contributed by atoms with Crippen LogP contribution in [0.5, 0.6) is 0 Å². The van der Waals surface area contributed by atoms with Gasteiger partial charge in [0, 0.05) is 18.3 Å². The standard InChI is InChI=1S/C25H32N4OS/c1-7-17(2)18-10-14-21(15-11-18)26-22(30)16-31-24-28-27-23(29(24)6)19-8-12-20(13-9-19)25(3,4)5/h8-15,17H,7,16H2,1-6H3,(H,26,30)/t17-/m1/s1. The summed E-state index contributed by atoms with van der Waals surface area (Å²) in [5, 5.41) is 12.3. The molecule has 3 rings (SSSR count). The van der Waals surface area contributed by atoms with Gasteiger partial charge in [-0.2, -0.15) is 0 Å². The van der Waals surface area contributed by atoms with Crippen LogP contribution < -0.4 is 5.32 Å². The zero-order chi connectivity index (χ0) is 22.6. The first-order valence-electron chi connectivity index (χ1n) is 10.7. The number of nitrogens with one attached hydrogen (secondary N) is 1. The van der Waals surface area contributed by atoms with Crippen LogP contribution in [0.15, 0.2) is 53.7 Å². The fourth-order valence-corrected chi connectivity index (χ4v) is 3.98. The Bertz CT molecular complexity index is 1020. The molecule has 0 saturated carbocycles. The van der Waals surface area contributed by atoms with E-state index in [0.717, 1.165) is 28.7 Å². The highest BCUT2D eigenvalue weighted by molar-refractivity contribution is 7.99. The molecule has 1 atom stereocenters. The topological polar surface area (TPSA) is 59.8 Å². The average molecular weight is 437 g/mol. The van der Waals surface area contributed by atoms with E-state index in [4.69, 9.17) is 0 Å². The molecule has 0 spiro atoms. The minimum absolute atomic E-state index is 0.0552. The molecule has 3 aromatic rings. The minimum atomic E-state index is -0.0552. The molecule has 0 unspecified atom stereocenters. The lowest BCUT2D eigenvalue weighted by Crippen LogP contribution is -2.14. The lowest BCUT2D eigenvalue weighted by atomic mass is 9.87. The van der Waals surface area contributed by atoms with Gasteiger partial charge in [-0.1, -0.05) is 82.8 Å². The third-order valence-corrected chi connectivity index (χ3v) is 6.57. The predicted octanol–water partition coefficient (Wildman–Crippen LogP) is 6.02. The average Bonchev–Trinajstić information content (AvgIpc) is 3.12. The van der Waals surface area contributed by atoms with E-state index in [1.165, 1.54) is 22.9 Å². The number of nitrogens with zero attached hydrogens (tertiary/aromatic N) is 3. The van der Waals surface area contributed by atoms with Crippen LogP contribution in [0.3, 0.4) is 0 Å². The van der Waals surface area contributed by atoms with Crippen LogP contribution in [-0.2, 0) is 17.3 Å². The third-order valence-electron chi connectivity index (χ3n) is 5.55. The molecule has 164 valence electrons. The highest BCUT2D eigenvalue weighted by atomic mass is 32.2. The second-order valence-corrected chi connectivity index (χ2v) is 9.90. The van der Waals surface area contributed by atoms with Crippen molar-refractivity contribution in [1.29, 1.82) is 0 Å². The number of rotatable bonds is 7. The molecule has 31 heavy (non-hydrogen) atoms. The van der Waals surface area contributed by atoms with Crippen molar-refractivity contribution >= 4 is 23.4 Å². The van der Waals surface area contributed by atoms with Gasteiger partial charge in [-0.15, -0.1) is 10.2 Å². The summed E-state index contributed by atoms with van der Waals surface area (Å²) in [5.74, 6) is 1.54. The van der Waals surface area contributed by atoms with Crippen molar-refractivity contribution in [3.05, 3.63) is 59.7 Å². The molecule has 0 aliphatic rings. The summed E-state index contributed by atoms with van der Waals surface area (Å²) >= 11 is 1.39. The first kappa shape index (κ1) is 23.1. The van der Waals surface area contributed by atoms with E-state index in [1.807, 2.05) is 23.7 Å². The molecule has 0 aliphatic carbocycles. The molecule has 0 fully saturated rings. The van der Waals surface area contributed by atoms with Crippen molar-refractivity contribution < 1.29 is 4.79 Å². The summed E-state index contributed by atoms with van der Waals surface area (Å²) in [5.41, 5.74) is 4.51. The van der Waals surface area contributed by atoms with Gasteiger partial charge < -0.3 is 9.88 Å². The van der Waals surface area contributed by atoms with Crippen LogP contribution in [-0.4, -0.2) is 26.4 Å². The summed E-state index contributed by atoms with van der Waals surface area (Å²) in [6.07, 6.45) is 1.10. The van der Waals surface area contributed by atoms with Crippen molar-refractivity contribution in [2.45, 2.75) is 57.5 Å². The van der Waals surface area contributed by atoms with Crippen molar-refractivity contribution in [3.63, 3.8) is 0 Å². The van der Waals surface area contributed by atoms with Gasteiger partial charge in [-0.25, -0.2) is 0 Å². The van der Waals surface area contributed by atoms with Crippen molar-refractivity contribution in [3.8, 4) is 11.4 Å². The first-order valence-corrected chi connectivity index (χ1v) is 11.7. The zero-order valence-electron chi connectivity index (χ0n) is 19.3. The Morgan fingerprint density at radius 3 is 2.29 bits per heavy atom. The molecule has 0 aliphatic heterocycles. The van der Waals surface area contributed by atoms with Gasteiger partial charge in [0.1, 0.15) is 0 Å². The van der Waals surface area contributed by atoms with Gasteiger partial charge in [-0.05, 0) is 41.0 Å². The molecule has 0 bridgehead atoms. The Balaban J connectivity index is 1.60. The predicted molar refractivity (Wildman–Crippen MR) is 130 cm³/mol. The molecule has 1 amide bonds. The van der Waals surface area contributed by atoms with Gasteiger partial charge in [0.15, 0.2) is 11.0 Å². The fraction of sp³-hybridized carbons (Fsp3) is 0.400. The Hall–Kier alpha value is -2.60. The Kier molecular flexibility index (Phi) is 7.21. The molecule has 5 nitrogen and oxygen atoms in total. The molecule has 2 aromatic carbocycles. The second kappa shape index (κ2) is 9.69. The molecule has 1 aromatic heterocycles. The number of amides is 1. The summed E-state index contributed by atoms with van der Waals surface area (Å²) in [6.45, 7) is 11.0. The van der Waals surface area contributed by atoms with Crippen LogP contribution in [0.2, 0.25) is 0 Å². The van der Waals surface area contributed by atoms with E-state index in [0.29, 0.717) is 5.92 Å². The molecule has 6 heteroatoms. The number of hydrogen-bond acceptors (Lipinski definition) is 4. The number of carbonyl (C=O) groups is 1. The quantitative estimate of drug-likeness (QED) is 0.460. The van der Waals surface area contributed by atoms with Gasteiger partial charge in [0.05, 0.1) is 5.75 Å². The number of hydrogen-bond donors (Lipinski definition) is 1. The molecular weight excluding hydrogens is 404 g/mol. The summed E-state index contributed by atoms with van der Waals surface area (Å²) in [6, 6.07) is 16.5. The molecule has 0 saturated heterocycles. The molecule has 1 N–H and O–H groups in total. The van der Waals surface area contributed by atoms with E-state index >= 15 is 0 Å². The minimum Gasteiger partial charge on any atom is -0.325 e. The first-order chi connectivity index (χ1) is 14.7.